The van der Waals surface area contributed by atoms with Gasteiger partial charge in [0, 0.05) is 37.2 Å². The fourth-order valence-electron chi connectivity index (χ4n) is 2.47. The average molecular weight is 276 g/mol. The Morgan fingerprint density at radius 3 is 2.05 bits per heavy atom. The normalized spacial score (nSPS) is 11.3. The molecule has 0 aliphatic rings. The molecule has 4 rings (SSSR count). The number of hydrogen-bond acceptors (Lipinski definition) is 4. The average Bonchev–Trinajstić information content (AvgIpc) is 3.21. The zero-order valence-corrected chi connectivity index (χ0v) is 11.1. The number of rotatable bonds is 3. The second-order valence-corrected chi connectivity index (χ2v) is 4.70. The Morgan fingerprint density at radius 1 is 0.762 bits per heavy atom. The molecule has 0 fully saturated rings. The minimum Gasteiger partial charge on any atom is -0.312 e. The smallest absolute Gasteiger partial charge is 0.137 e. The molecule has 6 heteroatoms. The molecule has 6 nitrogen and oxygen atoms in total. The van der Waals surface area contributed by atoms with Gasteiger partial charge in [0.2, 0.25) is 0 Å². The molecule has 0 amide bonds. The third-order valence-electron chi connectivity index (χ3n) is 3.41. The van der Waals surface area contributed by atoms with E-state index in [2.05, 4.69) is 26.0 Å². The van der Waals surface area contributed by atoms with Crippen molar-refractivity contribution >= 4 is 11.0 Å². The van der Waals surface area contributed by atoms with Crippen molar-refractivity contribution in [3.05, 3.63) is 73.6 Å². The Hall–Kier alpha value is -3.02. The molecule has 4 aromatic rings. The van der Waals surface area contributed by atoms with Crippen LogP contribution in [0.2, 0.25) is 0 Å². The minimum absolute atomic E-state index is 0.0404. The molecule has 0 bridgehead atoms. The van der Waals surface area contributed by atoms with Crippen LogP contribution in [-0.4, -0.2) is 29.1 Å². The van der Waals surface area contributed by atoms with Crippen LogP contribution in [0.5, 0.6) is 0 Å². The van der Waals surface area contributed by atoms with E-state index in [9.17, 15) is 0 Å². The molecule has 0 spiro atoms. The van der Waals surface area contributed by atoms with Crippen molar-refractivity contribution in [2.45, 2.75) is 6.17 Å². The first-order valence-electron chi connectivity index (χ1n) is 6.57. The number of aromatic nitrogens is 6. The summed E-state index contributed by atoms with van der Waals surface area (Å²) in [6.45, 7) is 0. The monoisotopic (exact) mass is 276 g/mol. The van der Waals surface area contributed by atoms with Gasteiger partial charge in [0.05, 0.1) is 23.7 Å². The summed E-state index contributed by atoms with van der Waals surface area (Å²) in [7, 11) is 0. The lowest BCUT2D eigenvalue weighted by molar-refractivity contribution is 0.502. The summed E-state index contributed by atoms with van der Waals surface area (Å²) in [5.41, 5.74) is 2.86. The quantitative estimate of drug-likeness (QED) is 0.575. The molecular formula is C15H12N6. The first-order valence-corrected chi connectivity index (χ1v) is 6.57. The van der Waals surface area contributed by atoms with Crippen molar-refractivity contribution in [1.29, 1.82) is 0 Å². The predicted octanol–water partition coefficient (Wildman–Crippen LogP) is 2.12. The highest BCUT2D eigenvalue weighted by Crippen LogP contribution is 2.23. The van der Waals surface area contributed by atoms with Crippen LogP contribution in [0, 0.1) is 0 Å². The molecule has 0 N–H and O–H groups in total. The molecule has 102 valence electrons. The summed E-state index contributed by atoms with van der Waals surface area (Å²) < 4.78 is 4.05. The zero-order chi connectivity index (χ0) is 14.1. The van der Waals surface area contributed by atoms with Crippen molar-refractivity contribution in [2.24, 2.45) is 0 Å². The second-order valence-electron chi connectivity index (χ2n) is 4.70. The van der Waals surface area contributed by atoms with Gasteiger partial charge in [-0.1, -0.05) is 6.07 Å². The van der Waals surface area contributed by atoms with E-state index in [4.69, 9.17) is 0 Å². The van der Waals surface area contributed by atoms with E-state index in [1.807, 2.05) is 33.7 Å². The molecule has 0 aliphatic heterocycles. The highest BCUT2D eigenvalue weighted by Gasteiger charge is 2.15. The van der Waals surface area contributed by atoms with Crippen LogP contribution in [-0.2, 0) is 0 Å². The van der Waals surface area contributed by atoms with E-state index >= 15 is 0 Å². The number of benzene rings is 1. The van der Waals surface area contributed by atoms with Gasteiger partial charge in [-0.2, -0.15) is 0 Å². The largest absolute Gasteiger partial charge is 0.312 e. The van der Waals surface area contributed by atoms with Gasteiger partial charge in [-0.25, -0.2) is 9.97 Å². The van der Waals surface area contributed by atoms with E-state index in [1.165, 1.54) is 0 Å². The maximum absolute atomic E-state index is 4.37. The SMILES string of the molecule is c1cn(C(c2ccc3nccnc3c2)n2ccnc2)cn1. The summed E-state index contributed by atoms with van der Waals surface area (Å²) in [5, 5.41) is 0. The third kappa shape index (κ3) is 2.06. The van der Waals surface area contributed by atoms with Gasteiger partial charge in [0.25, 0.3) is 0 Å². The van der Waals surface area contributed by atoms with E-state index in [-0.39, 0.29) is 6.17 Å². The Labute approximate surface area is 120 Å². The lowest BCUT2D eigenvalue weighted by atomic mass is 10.1. The van der Waals surface area contributed by atoms with Crippen LogP contribution in [0.1, 0.15) is 11.7 Å². The van der Waals surface area contributed by atoms with Gasteiger partial charge in [0.1, 0.15) is 6.17 Å². The third-order valence-corrected chi connectivity index (χ3v) is 3.41. The molecule has 21 heavy (non-hydrogen) atoms. The van der Waals surface area contributed by atoms with Gasteiger partial charge in [-0.3, -0.25) is 9.97 Å². The number of imidazole rings is 2. The standard InChI is InChI=1S/C15H12N6/c1-2-13-14(19-4-3-18-13)9-12(1)15(20-7-5-16-10-20)21-8-6-17-11-21/h1-11,15H. The fourth-order valence-corrected chi connectivity index (χ4v) is 2.47. The summed E-state index contributed by atoms with van der Waals surface area (Å²) in [4.78, 5) is 17.0. The Kier molecular flexibility index (Phi) is 2.71. The van der Waals surface area contributed by atoms with E-state index in [0.29, 0.717) is 0 Å². The highest BCUT2D eigenvalue weighted by molar-refractivity contribution is 5.74. The molecule has 1 aromatic carbocycles. The second kappa shape index (κ2) is 4.82. The van der Waals surface area contributed by atoms with Crippen molar-refractivity contribution in [3.8, 4) is 0 Å². The highest BCUT2D eigenvalue weighted by atomic mass is 15.2. The van der Waals surface area contributed by atoms with Crippen LogP contribution in [0.3, 0.4) is 0 Å². The van der Waals surface area contributed by atoms with Crippen molar-refractivity contribution in [3.63, 3.8) is 0 Å². The molecule has 0 unspecified atom stereocenters. The number of hydrogen-bond donors (Lipinski definition) is 0. The first-order chi connectivity index (χ1) is 10.4. The van der Waals surface area contributed by atoms with Crippen LogP contribution < -0.4 is 0 Å². The van der Waals surface area contributed by atoms with Crippen LogP contribution in [0.25, 0.3) is 11.0 Å². The van der Waals surface area contributed by atoms with Crippen molar-refractivity contribution in [1.82, 2.24) is 29.1 Å². The summed E-state index contributed by atoms with van der Waals surface area (Å²) in [5.74, 6) is 0. The summed E-state index contributed by atoms with van der Waals surface area (Å²) >= 11 is 0. The minimum atomic E-state index is -0.0404. The maximum Gasteiger partial charge on any atom is 0.137 e. The zero-order valence-electron chi connectivity index (χ0n) is 11.1. The molecule has 0 aliphatic carbocycles. The van der Waals surface area contributed by atoms with E-state index < -0.39 is 0 Å². The Balaban J connectivity index is 1.89. The molecular weight excluding hydrogens is 264 g/mol. The lowest BCUT2D eigenvalue weighted by Gasteiger charge is -2.20. The Bertz CT molecular complexity index is 817. The molecule has 0 saturated carbocycles. The number of nitrogens with zero attached hydrogens (tertiary/aromatic N) is 6. The molecule has 0 saturated heterocycles. The first kappa shape index (κ1) is 11.8. The summed E-state index contributed by atoms with van der Waals surface area (Å²) in [6, 6.07) is 6.09. The molecule has 3 heterocycles. The van der Waals surface area contributed by atoms with E-state index in [0.717, 1.165) is 16.6 Å². The Morgan fingerprint density at radius 2 is 1.43 bits per heavy atom. The molecule has 0 atom stereocenters. The number of fused-ring (bicyclic) bond motifs is 1. The van der Waals surface area contributed by atoms with E-state index in [1.54, 1.807) is 37.4 Å². The van der Waals surface area contributed by atoms with Crippen molar-refractivity contribution in [2.75, 3.05) is 0 Å². The lowest BCUT2D eigenvalue weighted by Crippen LogP contribution is -2.17. The fraction of sp³-hybridized carbons (Fsp3) is 0.0667. The van der Waals surface area contributed by atoms with Crippen LogP contribution in [0.4, 0.5) is 0 Å². The van der Waals surface area contributed by atoms with Crippen molar-refractivity contribution < 1.29 is 0 Å². The molecule has 3 aromatic heterocycles. The van der Waals surface area contributed by atoms with Crippen LogP contribution in [0.15, 0.2) is 68.0 Å². The summed E-state index contributed by atoms with van der Waals surface area (Å²) in [6.07, 6.45) is 14.4. The van der Waals surface area contributed by atoms with Gasteiger partial charge in [0.15, 0.2) is 0 Å². The van der Waals surface area contributed by atoms with Gasteiger partial charge >= 0.3 is 0 Å². The maximum atomic E-state index is 4.37. The van der Waals surface area contributed by atoms with Gasteiger partial charge < -0.3 is 9.13 Å². The predicted molar refractivity (Wildman–Crippen MR) is 77.5 cm³/mol. The topological polar surface area (TPSA) is 61.4 Å². The van der Waals surface area contributed by atoms with Gasteiger partial charge in [-0.15, -0.1) is 0 Å². The van der Waals surface area contributed by atoms with Crippen LogP contribution >= 0.6 is 0 Å². The van der Waals surface area contributed by atoms with Gasteiger partial charge in [-0.05, 0) is 17.7 Å². The molecule has 0 radical (unpaired) electrons.